The summed E-state index contributed by atoms with van der Waals surface area (Å²) in [6.07, 6.45) is -8.89. The lowest BCUT2D eigenvalue weighted by Crippen LogP contribution is -2.33. The molecular weight excluding hydrogens is 1250 g/mol. The van der Waals surface area contributed by atoms with Crippen LogP contribution in [0.25, 0.3) is 0 Å². The molecule has 9 aromatic carbocycles. The van der Waals surface area contributed by atoms with E-state index in [4.69, 9.17) is 14.2 Å². The fourth-order valence-corrected chi connectivity index (χ4v) is 14.8. The molecule has 0 N–H and O–H groups in total. The molecule has 95 heavy (non-hydrogen) atoms. The van der Waals surface area contributed by atoms with E-state index < -0.39 is 45.8 Å². The summed E-state index contributed by atoms with van der Waals surface area (Å²) >= 11 is 0. The Balaban J connectivity index is 0.000000217. The Labute approximate surface area is 560 Å². The molecule has 0 amide bonds. The smallest absolute Gasteiger partial charge is 0.416 e. The summed E-state index contributed by atoms with van der Waals surface area (Å²) in [6, 6.07) is 55.3. The van der Waals surface area contributed by atoms with Gasteiger partial charge >= 0.3 is 18.8 Å². The predicted octanol–water partition coefficient (Wildman–Crippen LogP) is 21.8. The first kappa shape index (κ1) is 75.0. The number of alkyl halides is 6. The van der Waals surface area contributed by atoms with Crippen molar-refractivity contribution in [3.63, 3.8) is 0 Å². The number of halogens is 9. The first-order valence-electron chi connectivity index (χ1n) is 31.7. The lowest BCUT2D eigenvalue weighted by atomic mass is 9.80. The topological polar surface area (TPSA) is 27.7 Å². The van der Waals surface area contributed by atoms with Gasteiger partial charge in [0.1, 0.15) is 34.7 Å². The second-order valence-corrected chi connectivity index (χ2v) is 33.7. The second-order valence-electron chi connectivity index (χ2n) is 29.2. The molecule has 9 rings (SSSR count). The molecule has 0 bridgehead atoms. The molecule has 504 valence electrons. The quantitative estimate of drug-likeness (QED) is 0.0654. The Hall–Kier alpha value is -7.39. The van der Waals surface area contributed by atoms with Crippen molar-refractivity contribution in [1.29, 1.82) is 0 Å². The summed E-state index contributed by atoms with van der Waals surface area (Å²) < 4.78 is 137. The number of benzene rings is 9. The summed E-state index contributed by atoms with van der Waals surface area (Å²) in [5.74, 6) is 1.78. The van der Waals surface area contributed by atoms with Gasteiger partial charge in [0.15, 0.2) is 0 Å². The number of hydrogen-bond donors (Lipinski definition) is 0. The van der Waals surface area contributed by atoms with E-state index in [0.29, 0.717) is 16.5 Å². The molecule has 0 aromatic heterocycles. The van der Waals surface area contributed by atoms with Gasteiger partial charge in [0.05, 0.1) is 11.1 Å². The van der Waals surface area contributed by atoms with E-state index in [-0.39, 0.29) is 44.5 Å². The van der Waals surface area contributed by atoms with Gasteiger partial charge in [-0.3, -0.25) is 0 Å². The van der Waals surface area contributed by atoms with Crippen molar-refractivity contribution in [2.24, 2.45) is 0 Å². The average Bonchev–Trinajstić information content (AvgIpc) is 0.807. The molecule has 0 aliphatic heterocycles. The van der Waals surface area contributed by atoms with Crippen LogP contribution in [-0.2, 0) is 39.4 Å². The minimum atomic E-state index is -4.44. The van der Waals surface area contributed by atoms with E-state index in [1.54, 1.807) is 36.4 Å². The number of aryl methyl sites for hydroxylation is 1. The second kappa shape index (κ2) is 29.9. The molecule has 3 nitrogen and oxygen atoms in total. The fourth-order valence-electron chi connectivity index (χ4n) is 10.3. The van der Waals surface area contributed by atoms with Gasteiger partial charge in [0, 0.05) is 16.7 Å². The summed E-state index contributed by atoms with van der Waals surface area (Å²) in [6.45, 7) is 38.8. The van der Waals surface area contributed by atoms with Gasteiger partial charge in [-0.25, -0.2) is 13.2 Å². The third-order valence-corrected chi connectivity index (χ3v) is 20.8. The van der Waals surface area contributed by atoms with E-state index in [9.17, 15) is 39.5 Å². The van der Waals surface area contributed by atoms with Crippen molar-refractivity contribution in [3.05, 3.63) is 268 Å². The SMILES string of the molecule is CC(C)c1ccc(OC(Oc2ccc(C(C)(C)C)cc2C(C)(C)C)Oc2ccc(C(C)(C)C)cc2C(C)(C)C)c(C(C)(C)C)c1.Cc1ccc(P(c2ccc(C(F)(F)F)cc2)c2ccc(C(F)(F)F)cc2)cc1.Fc1ccc(P(c2ccc(F)cc2)c2ccc(F)cc2)cc1. The highest BCUT2D eigenvalue weighted by molar-refractivity contribution is 7.80. The third-order valence-electron chi connectivity index (χ3n) is 15.9. The molecule has 0 spiro atoms. The maximum absolute atomic E-state index is 13.2. The van der Waals surface area contributed by atoms with Crippen molar-refractivity contribution in [1.82, 2.24) is 0 Å². The minimum absolute atomic E-state index is 0.0150. The zero-order valence-corrected chi connectivity index (χ0v) is 59.5. The molecule has 0 atom stereocenters. The predicted molar refractivity (Wildman–Crippen MR) is 377 cm³/mol. The third kappa shape index (κ3) is 20.6. The lowest BCUT2D eigenvalue weighted by molar-refractivity contribution is -0.142. The van der Waals surface area contributed by atoms with Crippen molar-refractivity contribution in [3.8, 4) is 17.2 Å². The van der Waals surface area contributed by atoms with Crippen LogP contribution in [0.5, 0.6) is 17.2 Å². The number of rotatable bonds is 13. The van der Waals surface area contributed by atoms with Crippen LogP contribution in [0, 0.1) is 24.4 Å². The maximum atomic E-state index is 13.2. The standard InChI is InChI=1S/C42H62O3.C21H15F6P.C18H12F3P/c1-27(2)28-18-21-34(31(24-28)40(9,10)11)43-37(44-35-22-19-29(38(3,4)5)25-32(35)41(12,13)14)45-36-23-20-30(39(6,7)8)26-33(36)42(15,16)17;1-14-2-8-17(9-3-14)28(18-10-4-15(5-11-18)20(22,23)24)19-12-6-16(7-13-19)21(25,26)27;19-13-1-7-16(8-2-13)22(17-9-3-14(20)4-10-17)18-11-5-15(21)6-12-18/h18-27,37H,1-17H3;2-13H,1H3;1-12H. The Bertz CT molecular complexity index is 3710. The lowest BCUT2D eigenvalue weighted by Gasteiger charge is -2.32. The van der Waals surface area contributed by atoms with Crippen LogP contribution < -0.4 is 46.0 Å². The van der Waals surface area contributed by atoms with Crippen molar-refractivity contribution in [2.45, 2.75) is 176 Å². The Morgan fingerprint density at radius 1 is 0.295 bits per heavy atom. The van der Waals surface area contributed by atoms with Crippen LogP contribution in [0.4, 0.5) is 39.5 Å². The van der Waals surface area contributed by atoms with Gasteiger partial charge in [0.2, 0.25) is 0 Å². The largest absolute Gasteiger partial charge is 0.423 e. The van der Waals surface area contributed by atoms with Gasteiger partial charge in [0.25, 0.3) is 0 Å². The highest BCUT2D eigenvalue weighted by atomic mass is 31.1. The Kier molecular flexibility index (Phi) is 23.6. The molecular formula is C81H89F9O3P2. The Morgan fingerprint density at radius 3 is 0.789 bits per heavy atom. The van der Waals surface area contributed by atoms with Crippen molar-refractivity contribution < 1.29 is 53.7 Å². The van der Waals surface area contributed by atoms with Gasteiger partial charge < -0.3 is 14.2 Å². The Morgan fingerprint density at radius 2 is 0.537 bits per heavy atom. The monoisotopic (exact) mass is 1340 g/mol. The first-order chi connectivity index (χ1) is 44.0. The summed E-state index contributed by atoms with van der Waals surface area (Å²) in [5.41, 5.74) is 6.27. The zero-order chi connectivity index (χ0) is 70.4. The first-order valence-corrected chi connectivity index (χ1v) is 34.4. The number of ether oxygens (including phenoxy) is 3. The van der Waals surface area contributed by atoms with Crippen LogP contribution in [0.2, 0.25) is 0 Å². The molecule has 0 aliphatic carbocycles. The molecule has 0 saturated carbocycles. The number of hydrogen-bond acceptors (Lipinski definition) is 3. The van der Waals surface area contributed by atoms with Gasteiger partial charge in [-0.05, 0) is 183 Å². The van der Waals surface area contributed by atoms with Gasteiger partial charge in [-0.2, -0.15) is 26.3 Å². The van der Waals surface area contributed by atoms with Gasteiger partial charge in [-0.1, -0.05) is 245 Å². The maximum Gasteiger partial charge on any atom is 0.416 e. The minimum Gasteiger partial charge on any atom is -0.423 e. The van der Waals surface area contributed by atoms with Crippen molar-refractivity contribution >= 4 is 47.7 Å². The fraction of sp³-hybridized carbons (Fsp3) is 0.333. The van der Waals surface area contributed by atoms with Crippen LogP contribution in [0.3, 0.4) is 0 Å². The van der Waals surface area contributed by atoms with Crippen LogP contribution in [-0.4, -0.2) is 6.48 Å². The summed E-state index contributed by atoms with van der Waals surface area (Å²) in [4.78, 5) is 0. The van der Waals surface area contributed by atoms with E-state index in [2.05, 4.69) is 172 Å². The van der Waals surface area contributed by atoms with Crippen molar-refractivity contribution in [2.75, 3.05) is 0 Å². The normalized spacial score (nSPS) is 12.5. The molecule has 0 aliphatic rings. The summed E-state index contributed by atoms with van der Waals surface area (Å²) in [5, 5.41) is 4.89. The zero-order valence-electron chi connectivity index (χ0n) is 57.7. The van der Waals surface area contributed by atoms with Crippen LogP contribution >= 0.6 is 15.8 Å². The molecule has 14 heteroatoms. The van der Waals surface area contributed by atoms with E-state index >= 15 is 0 Å². The molecule has 0 saturated heterocycles. The summed E-state index contributed by atoms with van der Waals surface area (Å²) in [7, 11) is -2.27. The van der Waals surface area contributed by atoms with E-state index in [1.165, 1.54) is 77.4 Å². The molecule has 0 radical (unpaired) electrons. The molecule has 0 heterocycles. The highest BCUT2D eigenvalue weighted by Gasteiger charge is 2.34. The molecule has 9 aromatic rings. The van der Waals surface area contributed by atoms with Crippen LogP contribution in [0.15, 0.2) is 200 Å². The molecule has 0 fully saturated rings. The van der Waals surface area contributed by atoms with E-state index in [0.717, 1.165) is 85.0 Å². The highest BCUT2D eigenvalue weighted by Crippen LogP contribution is 2.43. The molecule has 0 unspecified atom stereocenters. The van der Waals surface area contributed by atoms with Gasteiger partial charge in [-0.15, -0.1) is 0 Å². The van der Waals surface area contributed by atoms with E-state index in [1.807, 2.05) is 31.2 Å². The average molecular weight is 1340 g/mol. The van der Waals surface area contributed by atoms with Crippen LogP contribution in [0.1, 0.15) is 174 Å².